The van der Waals surface area contributed by atoms with Crippen LogP contribution in [0.5, 0.6) is 11.5 Å². The minimum absolute atomic E-state index is 0.0743. The molecule has 1 aromatic heterocycles. The van der Waals surface area contributed by atoms with E-state index in [1.165, 1.54) is 5.01 Å². The molecule has 0 bridgehead atoms. The molecule has 42 heavy (non-hydrogen) atoms. The zero-order chi connectivity index (χ0) is 29.8. The number of carboxylic acid groups (broad SMARTS) is 1. The number of fused-ring (bicyclic) bond motifs is 1. The normalized spacial score (nSPS) is 17.3. The highest BCUT2D eigenvalue weighted by molar-refractivity contribution is 5.90. The van der Waals surface area contributed by atoms with Crippen LogP contribution in [0, 0.1) is 5.92 Å². The van der Waals surface area contributed by atoms with E-state index in [1.54, 1.807) is 29.4 Å². The number of rotatable bonds is 10. The van der Waals surface area contributed by atoms with Crippen LogP contribution in [-0.4, -0.2) is 46.1 Å². The van der Waals surface area contributed by atoms with Gasteiger partial charge in [0.05, 0.1) is 30.4 Å². The maximum absolute atomic E-state index is 14.6. The molecule has 1 amide bonds. The molecule has 9 heteroatoms. The molecule has 0 aliphatic carbocycles. The fraction of sp³-hybridized carbons (Fsp3) is 0.303. The summed E-state index contributed by atoms with van der Waals surface area (Å²) in [5.41, 5.74) is 1.99. The largest absolute Gasteiger partial charge is 0.490 e. The lowest BCUT2D eigenvalue weighted by molar-refractivity contribution is -0.143. The topological polar surface area (TPSA) is 118 Å². The number of likely N-dealkylation sites (tertiary alicyclic amines) is 1. The Hall–Kier alpha value is -4.63. The van der Waals surface area contributed by atoms with Gasteiger partial charge < -0.3 is 19.5 Å². The van der Waals surface area contributed by atoms with E-state index in [0.29, 0.717) is 35.8 Å². The lowest BCUT2D eigenvalue weighted by atomic mass is 9.93. The number of amides is 1. The van der Waals surface area contributed by atoms with Gasteiger partial charge in [0.2, 0.25) is 0 Å². The van der Waals surface area contributed by atoms with Gasteiger partial charge in [-0.05, 0) is 74.0 Å². The van der Waals surface area contributed by atoms with Crippen LogP contribution >= 0.6 is 0 Å². The van der Waals surface area contributed by atoms with Crippen LogP contribution in [-0.2, 0) is 9.59 Å². The molecule has 0 radical (unpaired) electrons. The van der Waals surface area contributed by atoms with Crippen molar-refractivity contribution in [2.45, 2.75) is 45.4 Å². The quantitative estimate of drug-likeness (QED) is 0.190. The average molecular weight is 569 g/mol. The molecule has 5 rings (SSSR count). The number of carbonyl (C=O) groups is 2. The highest BCUT2D eigenvalue weighted by Gasteiger charge is 2.45. The summed E-state index contributed by atoms with van der Waals surface area (Å²) < 4.78 is 11.9. The van der Waals surface area contributed by atoms with Crippen molar-refractivity contribution < 1.29 is 24.2 Å². The summed E-state index contributed by atoms with van der Waals surface area (Å²) >= 11 is 0. The average Bonchev–Trinajstić information content (AvgIpc) is 3.44. The standard InChI is InChI=1S/C33H36N4O5/c1-4-41-29-19-24(11-13-28(29)42-21(2)3)31(37(34)26-12-10-25-20-35-16-14-23(25)18-26)32(38)36-17-15-27(33(39)40)30(36)22-8-6-5-7-9-22/h5-14,16,18-21,27,30-31H,4,15,17,34H2,1-3H3,(H,39,40). The number of aliphatic carboxylic acids is 1. The van der Waals surface area contributed by atoms with Gasteiger partial charge in [-0.15, -0.1) is 0 Å². The van der Waals surface area contributed by atoms with Crippen molar-refractivity contribution in [2.24, 2.45) is 11.8 Å². The molecule has 0 spiro atoms. The summed E-state index contributed by atoms with van der Waals surface area (Å²) in [6, 6.07) is 20.7. The molecular formula is C33H36N4O5. The molecule has 1 aliphatic heterocycles. The number of hydrogen-bond acceptors (Lipinski definition) is 7. The van der Waals surface area contributed by atoms with E-state index in [-0.39, 0.29) is 18.6 Å². The van der Waals surface area contributed by atoms with Crippen molar-refractivity contribution in [3.63, 3.8) is 0 Å². The van der Waals surface area contributed by atoms with E-state index in [1.807, 2.05) is 81.4 Å². The van der Waals surface area contributed by atoms with Gasteiger partial charge in [0, 0.05) is 24.3 Å². The number of ether oxygens (including phenoxy) is 2. The van der Waals surface area contributed by atoms with Gasteiger partial charge in [0.1, 0.15) is 6.04 Å². The summed E-state index contributed by atoms with van der Waals surface area (Å²) in [7, 11) is 0. The molecule has 218 valence electrons. The predicted molar refractivity (Wildman–Crippen MR) is 161 cm³/mol. The molecule has 3 unspecified atom stereocenters. The number of nitrogens with two attached hydrogens (primary N) is 1. The van der Waals surface area contributed by atoms with E-state index in [2.05, 4.69) is 4.98 Å². The highest BCUT2D eigenvalue weighted by Crippen LogP contribution is 2.41. The monoisotopic (exact) mass is 568 g/mol. The summed E-state index contributed by atoms with van der Waals surface area (Å²) in [4.78, 5) is 32.8. The summed E-state index contributed by atoms with van der Waals surface area (Å²) in [6.45, 7) is 6.44. The Bertz CT molecular complexity index is 1560. The number of benzene rings is 3. The Morgan fingerprint density at radius 3 is 2.55 bits per heavy atom. The SMILES string of the molecule is CCOc1cc(C(C(=O)N2CCC(C(=O)O)C2c2ccccc2)N(N)c2ccc3cnccc3c2)ccc1OC(C)C. The lowest BCUT2D eigenvalue weighted by Gasteiger charge is -2.35. The smallest absolute Gasteiger partial charge is 0.309 e. The van der Waals surface area contributed by atoms with Crippen molar-refractivity contribution in [1.82, 2.24) is 9.88 Å². The van der Waals surface area contributed by atoms with E-state index >= 15 is 0 Å². The van der Waals surface area contributed by atoms with Crippen LogP contribution in [0.1, 0.15) is 50.4 Å². The highest BCUT2D eigenvalue weighted by atomic mass is 16.5. The molecule has 3 aromatic carbocycles. The van der Waals surface area contributed by atoms with E-state index in [4.69, 9.17) is 15.3 Å². The molecule has 2 heterocycles. The second-order valence-electron chi connectivity index (χ2n) is 10.6. The fourth-order valence-corrected chi connectivity index (χ4v) is 5.63. The zero-order valence-electron chi connectivity index (χ0n) is 24.0. The van der Waals surface area contributed by atoms with E-state index in [0.717, 1.165) is 16.3 Å². The fourth-order valence-electron chi connectivity index (χ4n) is 5.63. The number of anilines is 1. The maximum Gasteiger partial charge on any atom is 0.309 e. The minimum atomic E-state index is -0.977. The second kappa shape index (κ2) is 12.5. The third-order valence-corrected chi connectivity index (χ3v) is 7.52. The van der Waals surface area contributed by atoms with Gasteiger partial charge in [-0.2, -0.15) is 0 Å². The van der Waals surface area contributed by atoms with E-state index < -0.39 is 24.0 Å². The number of carbonyl (C=O) groups excluding carboxylic acids is 1. The van der Waals surface area contributed by atoms with Crippen molar-refractivity contribution in [3.05, 3.63) is 96.3 Å². The zero-order valence-corrected chi connectivity index (χ0v) is 24.0. The third-order valence-electron chi connectivity index (χ3n) is 7.52. The summed E-state index contributed by atoms with van der Waals surface area (Å²) in [5, 5.41) is 13.4. The van der Waals surface area contributed by atoms with Gasteiger partial charge in [0.15, 0.2) is 11.5 Å². The summed E-state index contributed by atoms with van der Waals surface area (Å²) in [6.07, 6.45) is 3.74. The van der Waals surface area contributed by atoms with Gasteiger partial charge in [-0.1, -0.05) is 42.5 Å². The molecule has 1 fully saturated rings. The van der Waals surface area contributed by atoms with Crippen molar-refractivity contribution >= 4 is 28.3 Å². The first kappa shape index (κ1) is 28.9. The first-order chi connectivity index (χ1) is 20.3. The summed E-state index contributed by atoms with van der Waals surface area (Å²) in [5.74, 6) is 5.93. The number of carboxylic acids is 1. The maximum atomic E-state index is 14.6. The first-order valence-corrected chi connectivity index (χ1v) is 14.2. The molecule has 1 saturated heterocycles. The van der Waals surface area contributed by atoms with Crippen LogP contribution < -0.4 is 20.3 Å². The molecule has 9 nitrogen and oxygen atoms in total. The van der Waals surface area contributed by atoms with Crippen molar-refractivity contribution in [1.29, 1.82) is 0 Å². The van der Waals surface area contributed by atoms with Crippen LogP contribution in [0.25, 0.3) is 10.8 Å². The number of hydrazine groups is 1. The van der Waals surface area contributed by atoms with Crippen LogP contribution in [0.3, 0.4) is 0 Å². The van der Waals surface area contributed by atoms with Crippen LogP contribution in [0.2, 0.25) is 0 Å². The molecule has 0 saturated carbocycles. The number of hydrogen-bond donors (Lipinski definition) is 2. The minimum Gasteiger partial charge on any atom is -0.490 e. The Morgan fingerprint density at radius 1 is 1.05 bits per heavy atom. The van der Waals surface area contributed by atoms with Gasteiger partial charge in [-0.3, -0.25) is 19.6 Å². The molecule has 1 aliphatic rings. The Morgan fingerprint density at radius 2 is 1.83 bits per heavy atom. The van der Waals surface area contributed by atoms with Crippen molar-refractivity contribution in [2.75, 3.05) is 18.2 Å². The van der Waals surface area contributed by atoms with Gasteiger partial charge >= 0.3 is 5.97 Å². The Labute approximate surface area is 245 Å². The first-order valence-electron chi connectivity index (χ1n) is 14.2. The van der Waals surface area contributed by atoms with Crippen LogP contribution in [0.4, 0.5) is 5.69 Å². The predicted octanol–water partition coefficient (Wildman–Crippen LogP) is 5.52. The second-order valence-corrected chi connectivity index (χ2v) is 10.6. The molecule has 3 N–H and O–H groups in total. The Balaban J connectivity index is 1.61. The number of aromatic nitrogens is 1. The van der Waals surface area contributed by atoms with Crippen molar-refractivity contribution in [3.8, 4) is 11.5 Å². The number of nitrogens with zero attached hydrogens (tertiary/aromatic N) is 3. The van der Waals surface area contributed by atoms with E-state index in [9.17, 15) is 14.7 Å². The Kier molecular flexibility index (Phi) is 8.59. The molecule has 4 aromatic rings. The number of pyridine rings is 1. The van der Waals surface area contributed by atoms with Crippen LogP contribution in [0.15, 0.2) is 85.2 Å². The van der Waals surface area contributed by atoms with Gasteiger partial charge in [0.25, 0.3) is 5.91 Å². The third kappa shape index (κ3) is 5.87. The molecular weight excluding hydrogens is 532 g/mol. The lowest BCUT2D eigenvalue weighted by Crippen LogP contribution is -2.46. The molecule has 3 atom stereocenters. The van der Waals surface area contributed by atoms with Gasteiger partial charge in [-0.25, -0.2) is 5.84 Å².